The van der Waals surface area contributed by atoms with Crippen molar-refractivity contribution in [1.82, 2.24) is 9.55 Å². The molecule has 0 radical (unpaired) electrons. The number of pyridine rings is 2. The standard InChI is InChI=1S/C27H18F4N2O4/c1-2-27(36)9-21(34)37-11-14-15(27)8-20-25-13(10-33(20)26(14)35)22(23-16(29)4-3-5-17(23)30)24-18(31)6-12(28)7-19(24)32-25/h3-8,36H,2,9-11H2,1H3/t27-/m1/s1. The summed E-state index contributed by atoms with van der Waals surface area (Å²) in [4.78, 5) is 30.1. The second-order valence-corrected chi connectivity index (χ2v) is 9.23. The Hall–Kier alpha value is -4.05. The molecule has 4 aromatic rings. The zero-order chi connectivity index (χ0) is 26.2. The molecule has 0 saturated carbocycles. The minimum absolute atomic E-state index is 0.0622. The van der Waals surface area contributed by atoms with Crippen LogP contribution < -0.4 is 5.56 Å². The van der Waals surface area contributed by atoms with Gasteiger partial charge in [-0.3, -0.25) is 9.59 Å². The molecule has 2 aliphatic heterocycles. The first-order valence-electron chi connectivity index (χ1n) is 11.5. The molecule has 0 saturated heterocycles. The number of carbonyl (C=O) groups is 1. The van der Waals surface area contributed by atoms with Gasteiger partial charge in [0.25, 0.3) is 5.56 Å². The fraction of sp³-hybridized carbons (Fsp3) is 0.222. The minimum Gasteiger partial charge on any atom is -0.460 e. The summed E-state index contributed by atoms with van der Waals surface area (Å²) in [5.41, 5.74) is -2.53. The maximum atomic E-state index is 15.1. The molecule has 0 aliphatic carbocycles. The molecule has 188 valence electrons. The smallest absolute Gasteiger partial charge is 0.309 e. The van der Waals surface area contributed by atoms with Crippen molar-refractivity contribution in [2.24, 2.45) is 0 Å². The Morgan fingerprint density at radius 3 is 2.46 bits per heavy atom. The van der Waals surface area contributed by atoms with Crippen molar-refractivity contribution in [1.29, 1.82) is 0 Å². The lowest BCUT2D eigenvalue weighted by Gasteiger charge is -2.26. The van der Waals surface area contributed by atoms with Crippen molar-refractivity contribution >= 4 is 16.9 Å². The van der Waals surface area contributed by atoms with Crippen LogP contribution in [-0.2, 0) is 28.3 Å². The van der Waals surface area contributed by atoms with Crippen LogP contribution in [0.15, 0.2) is 41.2 Å². The third-order valence-electron chi connectivity index (χ3n) is 7.18. The van der Waals surface area contributed by atoms with Crippen LogP contribution in [0.25, 0.3) is 33.4 Å². The van der Waals surface area contributed by atoms with E-state index < -0.39 is 46.0 Å². The van der Waals surface area contributed by atoms with Crippen molar-refractivity contribution in [2.45, 2.75) is 38.5 Å². The largest absolute Gasteiger partial charge is 0.460 e. The first kappa shape index (κ1) is 23.4. The van der Waals surface area contributed by atoms with E-state index in [0.29, 0.717) is 6.07 Å². The van der Waals surface area contributed by atoms with E-state index in [2.05, 4.69) is 4.98 Å². The number of aliphatic hydroxyl groups is 1. The molecule has 6 rings (SSSR count). The Labute approximate surface area is 206 Å². The topological polar surface area (TPSA) is 81.4 Å². The Bertz CT molecular complexity index is 1710. The van der Waals surface area contributed by atoms with Gasteiger partial charge in [-0.1, -0.05) is 13.0 Å². The monoisotopic (exact) mass is 510 g/mol. The van der Waals surface area contributed by atoms with Crippen LogP contribution in [0.2, 0.25) is 0 Å². The number of fused-ring (bicyclic) bond motifs is 5. The molecule has 0 fully saturated rings. The Morgan fingerprint density at radius 1 is 1.03 bits per heavy atom. The third-order valence-corrected chi connectivity index (χ3v) is 7.18. The van der Waals surface area contributed by atoms with Gasteiger partial charge < -0.3 is 14.4 Å². The van der Waals surface area contributed by atoms with E-state index in [1.54, 1.807) is 6.92 Å². The molecule has 2 aromatic carbocycles. The summed E-state index contributed by atoms with van der Waals surface area (Å²) in [5.74, 6) is -4.60. The number of carbonyl (C=O) groups excluding carboxylic acids is 1. The third kappa shape index (κ3) is 3.32. The molecular weight excluding hydrogens is 492 g/mol. The molecule has 0 spiro atoms. The van der Waals surface area contributed by atoms with Gasteiger partial charge in [0, 0.05) is 28.6 Å². The molecule has 2 aromatic heterocycles. The summed E-state index contributed by atoms with van der Waals surface area (Å²) >= 11 is 0. The average Bonchev–Trinajstić information content (AvgIpc) is 3.14. The highest BCUT2D eigenvalue weighted by atomic mass is 19.1. The van der Waals surface area contributed by atoms with Crippen molar-refractivity contribution < 1.29 is 32.2 Å². The number of cyclic esters (lactones) is 1. The number of rotatable bonds is 2. The van der Waals surface area contributed by atoms with Crippen molar-refractivity contribution in [3.05, 3.63) is 86.7 Å². The van der Waals surface area contributed by atoms with E-state index in [0.717, 1.165) is 24.3 Å². The molecule has 1 atom stereocenters. The lowest BCUT2D eigenvalue weighted by Crippen LogP contribution is -2.32. The molecule has 10 heteroatoms. The number of esters is 1. The number of aromatic nitrogens is 2. The summed E-state index contributed by atoms with van der Waals surface area (Å²) in [6, 6.07) is 6.24. The molecule has 2 aliphatic rings. The van der Waals surface area contributed by atoms with E-state index >= 15 is 13.2 Å². The van der Waals surface area contributed by atoms with Crippen LogP contribution in [0.3, 0.4) is 0 Å². The summed E-state index contributed by atoms with van der Waals surface area (Å²) < 4.78 is 65.8. The number of hydrogen-bond donors (Lipinski definition) is 1. The highest BCUT2D eigenvalue weighted by Gasteiger charge is 2.40. The van der Waals surface area contributed by atoms with Gasteiger partial charge in [0.15, 0.2) is 0 Å². The molecule has 4 heterocycles. The van der Waals surface area contributed by atoms with Gasteiger partial charge in [-0.15, -0.1) is 0 Å². The van der Waals surface area contributed by atoms with Crippen molar-refractivity contribution in [3.63, 3.8) is 0 Å². The lowest BCUT2D eigenvalue weighted by atomic mass is 9.85. The molecule has 6 nitrogen and oxygen atoms in total. The Morgan fingerprint density at radius 2 is 1.76 bits per heavy atom. The van der Waals surface area contributed by atoms with Gasteiger partial charge in [0.2, 0.25) is 0 Å². The van der Waals surface area contributed by atoms with Gasteiger partial charge in [-0.25, -0.2) is 22.5 Å². The predicted molar refractivity (Wildman–Crippen MR) is 124 cm³/mol. The van der Waals surface area contributed by atoms with Gasteiger partial charge in [0.05, 0.1) is 41.0 Å². The number of ether oxygens (including phenoxy) is 1. The summed E-state index contributed by atoms with van der Waals surface area (Å²) in [5, 5.41) is 11.0. The van der Waals surface area contributed by atoms with Gasteiger partial charge in [0.1, 0.15) is 35.5 Å². The number of nitrogens with zero attached hydrogens (tertiary/aromatic N) is 2. The van der Waals surface area contributed by atoms with Crippen LogP contribution in [0.4, 0.5) is 17.6 Å². The predicted octanol–water partition coefficient (Wildman–Crippen LogP) is 4.69. The molecule has 37 heavy (non-hydrogen) atoms. The maximum absolute atomic E-state index is 15.1. The molecule has 0 unspecified atom stereocenters. The zero-order valence-corrected chi connectivity index (χ0v) is 19.4. The summed E-state index contributed by atoms with van der Waals surface area (Å²) in [6.07, 6.45) is -0.280. The SMILES string of the molecule is CC[C@@]1(O)CC(=O)OCc2c1cc1n(c2=O)Cc2c-1nc1cc(F)cc(F)c1c2-c1c(F)cccc1F. The number of benzene rings is 2. The minimum atomic E-state index is -1.70. The lowest BCUT2D eigenvalue weighted by molar-refractivity contribution is -0.149. The van der Waals surface area contributed by atoms with E-state index in [-0.39, 0.29) is 70.5 Å². The normalized spacial score (nSPS) is 18.3. The molecule has 1 N–H and O–H groups in total. The highest BCUT2D eigenvalue weighted by molar-refractivity contribution is 6.00. The van der Waals surface area contributed by atoms with Crippen LogP contribution in [0.5, 0.6) is 0 Å². The van der Waals surface area contributed by atoms with E-state index in [9.17, 15) is 19.1 Å². The first-order chi connectivity index (χ1) is 17.6. The second kappa shape index (κ2) is 7.97. The van der Waals surface area contributed by atoms with Gasteiger partial charge in [-0.2, -0.15) is 0 Å². The van der Waals surface area contributed by atoms with Crippen molar-refractivity contribution in [2.75, 3.05) is 0 Å². The molecular formula is C27H18F4N2O4. The quantitative estimate of drug-likeness (QED) is 0.275. The fourth-order valence-electron chi connectivity index (χ4n) is 5.34. The van der Waals surface area contributed by atoms with Crippen LogP contribution in [0, 0.1) is 23.3 Å². The number of hydrogen-bond acceptors (Lipinski definition) is 5. The van der Waals surface area contributed by atoms with E-state index in [1.165, 1.54) is 10.6 Å². The van der Waals surface area contributed by atoms with Crippen molar-refractivity contribution in [3.8, 4) is 22.5 Å². The van der Waals surface area contributed by atoms with Gasteiger partial charge >= 0.3 is 5.97 Å². The Kier molecular flexibility index (Phi) is 5.03. The highest BCUT2D eigenvalue weighted by Crippen LogP contribution is 2.45. The number of halogens is 4. The van der Waals surface area contributed by atoms with E-state index in [1.807, 2.05) is 0 Å². The second-order valence-electron chi connectivity index (χ2n) is 9.23. The van der Waals surface area contributed by atoms with Crippen LogP contribution in [0.1, 0.15) is 36.5 Å². The first-order valence-corrected chi connectivity index (χ1v) is 11.5. The Balaban J connectivity index is 1.73. The average molecular weight is 510 g/mol. The zero-order valence-electron chi connectivity index (χ0n) is 19.4. The molecule has 0 bridgehead atoms. The maximum Gasteiger partial charge on any atom is 0.309 e. The van der Waals surface area contributed by atoms with Crippen LogP contribution >= 0.6 is 0 Å². The fourth-order valence-corrected chi connectivity index (χ4v) is 5.34. The van der Waals surface area contributed by atoms with Crippen LogP contribution in [-0.4, -0.2) is 20.6 Å². The summed E-state index contributed by atoms with van der Waals surface area (Å²) in [7, 11) is 0. The van der Waals surface area contributed by atoms with Gasteiger partial charge in [-0.05, 0) is 30.2 Å². The summed E-state index contributed by atoms with van der Waals surface area (Å²) in [6.45, 7) is 1.06. The van der Waals surface area contributed by atoms with E-state index in [4.69, 9.17) is 4.74 Å². The molecule has 0 amide bonds.